The molecule has 3 aromatic rings. The van der Waals surface area contributed by atoms with E-state index in [-0.39, 0.29) is 24.3 Å². The Labute approximate surface area is 229 Å². The monoisotopic (exact) mass is 532 g/mol. The molecule has 7 heteroatoms. The van der Waals surface area contributed by atoms with Crippen LogP contribution >= 0.6 is 0 Å². The van der Waals surface area contributed by atoms with E-state index in [1.807, 2.05) is 37.3 Å². The van der Waals surface area contributed by atoms with Crippen molar-refractivity contribution >= 4 is 11.9 Å². The third kappa shape index (κ3) is 6.42. The number of ether oxygens (including phenoxy) is 4. The normalized spacial score (nSPS) is 15.9. The summed E-state index contributed by atoms with van der Waals surface area (Å²) in [5.41, 5.74) is 2.49. The zero-order chi connectivity index (χ0) is 27.8. The minimum atomic E-state index is -1.75. The molecule has 1 heterocycles. The highest BCUT2D eigenvalue weighted by Crippen LogP contribution is 2.46. The minimum absolute atomic E-state index is 0.157. The third-order valence-corrected chi connectivity index (χ3v) is 6.88. The molecule has 7 nitrogen and oxygen atoms in total. The van der Waals surface area contributed by atoms with Gasteiger partial charge in [0.25, 0.3) is 0 Å². The number of carbonyl (C=O) groups excluding carboxylic acids is 2. The summed E-state index contributed by atoms with van der Waals surface area (Å²) in [7, 11) is 1.51. The van der Waals surface area contributed by atoms with E-state index in [9.17, 15) is 14.7 Å². The van der Waals surface area contributed by atoms with Gasteiger partial charge in [-0.3, -0.25) is 0 Å². The summed E-state index contributed by atoms with van der Waals surface area (Å²) in [4.78, 5) is 26.2. The van der Waals surface area contributed by atoms with Gasteiger partial charge in [0.2, 0.25) is 5.79 Å². The van der Waals surface area contributed by atoms with Crippen LogP contribution in [0.15, 0.2) is 60.7 Å². The molecule has 0 radical (unpaired) electrons. The van der Waals surface area contributed by atoms with Gasteiger partial charge in [-0.05, 0) is 43.0 Å². The van der Waals surface area contributed by atoms with Crippen molar-refractivity contribution in [2.75, 3.05) is 7.11 Å². The SMILES string of the molecule is CCCCCc1c(Oc2cc(OC)cc3c2C(=O)OC3(O)CCCC)cccc1C(=O)OCc1ccccc1. The highest BCUT2D eigenvalue weighted by Gasteiger charge is 2.46. The maximum atomic E-state index is 13.2. The molecule has 3 aromatic carbocycles. The molecule has 1 unspecified atom stereocenters. The fourth-order valence-corrected chi connectivity index (χ4v) is 4.75. The maximum absolute atomic E-state index is 13.2. The van der Waals surface area contributed by atoms with Gasteiger partial charge in [0.05, 0.1) is 12.7 Å². The first-order valence-electron chi connectivity index (χ1n) is 13.6. The molecule has 0 aliphatic carbocycles. The Morgan fingerprint density at radius 2 is 1.72 bits per heavy atom. The molecule has 39 heavy (non-hydrogen) atoms. The molecule has 0 bridgehead atoms. The Morgan fingerprint density at radius 1 is 0.949 bits per heavy atom. The van der Waals surface area contributed by atoms with Crippen LogP contribution in [0.2, 0.25) is 0 Å². The number of methoxy groups -OCH3 is 1. The number of rotatable bonds is 13. The van der Waals surface area contributed by atoms with Gasteiger partial charge in [-0.1, -0.05) is 69.5 Å². The molecule has 0 amide bonds. The highest BCUT2D eigenvalue weighted by molar-refractivity contribution is 5.98. The molecule has 206 valence electrons. The first-order valence-corrected chi connectivity index (χ1v) is 13.6. The zero-order valence-corrected chi connectivity index (χ0v) is 22.8. The molecule has 4 rings (SSSR count). The van der Waals surface area contributed by atoms with Crippen LogP contribution in [0, 0.1) is 0 Å². The fourth-order valence-electron chi connectivity index (χ4n) is 4.75. The summed E-state index contributed by atoms with van der Waals surface area (Å²) in [6, 6.07) is 18.0. The van der Waals surface area contributed by atoms with Crippen molar-refractivity contribution in [2.24, 2.45) is 0 Å². The number of benzene rings is 3. The lowest BCUT2D eigenvalue weighted by Gasteiger charge is -2.22. The molecule has 1 N–H and O–H groups in total. The van der Waals surface area contributed by atoms with Gasteiger partial charge in [-0.2, -0.15) is 0 Å². The fraction of sp³-hybridized carbons (Fsp3) is 0.375. The van der Waals surface area contributed by atoms with Crippen LogP contribution in [-0.4, -0.2) is 24.2 Å². The molecule has 1 atom stereocenters. The lowest BCUT2D eigenvalue weighted by atomic mass is 9.96. The second-order valence-electron chi connectivity index (χ2n) is 9.73. The van der Waals surface area contributed by atoms with Crippen LogP contribution in [0.5, 0.6) is 17.2 Å². The first kappa shape index (κ1) is 28.2. The number of unbranched alkanes of at least 4 members (excludes halogenated alkanes) is 3. The van der Waals surface area contributed by atoms with Crippen LogP contribution in [0.1, 0.15) is 89.8 Å². The predicted molar refractivity (Wildman–Crippen MR) is 147 cm³/mol. The summed E-state index contributed by atoms with van der Waals surface area (Å²) in [6.45, 7) is 4.27. The number of esters is 2. The number of hydrogen-bond donors (Lipinski definition) is 1. The Bertz CT molecular complexity index is 1300. The van der Waals surface area contributed by atoms with E-state index in [2.05, 4.69) is 6.92 Å². The topological polar surface area (TPSA) is 91.3 Å². The zero-order valence-electron chi connectivity index (χ0n) is 22.8. The molecular formula is C32H36O7. The van der Waals surface area contributed by atoms with Crippen molar-refractivity contribution in [3.63, 3.8) is 0 Å². The van der Waals surface area contributed by atoms with E-state index in [1.165, 1.54) is 7.11 Å². The minimum Gasteiger partial charge on any atom is -0.497 e. The lowest BCUT2D eigenvalue weighted by molar-refractivity contribution is -0.168. The number of carbonyl (C=O) groups is 2. The van der Waals surface area contributed by atoms with Gasteiger partial charge >= 0.3 is 11.9 Å². The van der Waals surface area contributed by atoms with E-state index in [0.717, 1.165) is 31.2 Å². The van der Waals surface area contributed by atoms with E-state index in [0.29, 0.717) is 41.0 Å². The smallest absolute Gasteiger partial charge is 0.345 e. The highest BCUT2D eigenvalue weighted by atomic mass is 16.7. The average Bonchev–Trinajstić information content (AvgIpc) is 3.21. The molecule has 0 saturated heterocycles. The molecule has 1 aliphatic heterocycles. The van der Waals surface area contributed by atoms with Gasteiger partial charge in [0.1, 0.15) is 29.4 Å². The summed E-state index contributed by atoms with van der Waals surface area (Å²) in [5, 5.41) is 11.2. The number of cyclic esters (lactones) is 1. The lowest BCUT2D eigenvalue weighted by Crippen LogP contribution is -2.25. The average molecular weight is 533 g/mol. The van der Waals surface area contributed by atoms with E-state index < -0.39 is 17.7 Å². The summed E-state index contributed by atoms with van der Waals surface area (Å²) < 4.78 is 22.9. The Morgan fingerprint density at radius 3 is 2.44 bits per heavy atom. The second-order valence-corrected chi connectivity index (χ2v) is 9.73. The third-order valence-electron chi connectivity index (χ3n) is 6.88. The van der Waals surface area contributed by atoms with Gasteiger partial charge in [0, 0.05) is 23.6 Å². The summed E-state index contributed by atoms with van der Waals surface area (Å²) >= 11 is 0. The van der Waals surface area contributed by atoms with Crippen LogP contribution < -0.4 is 9.47 Å². The van der Waals surface area contributed by atoms with E-state index >= 15 is 0 Å². The van der Waals surface area contributed by atoms with Gasteiger partial charge in [0.15, 0.2) is 0 Å². The van der Waals surface area contributed by atoms with Crippen molar-refractivity contribution in [1.82, 2.24) is 0 Å². The summed E-state index contributed by atoms with van der Waals surface area (Å²) in [6.07, 6.45) is 5.21. The van der Waals surface area contributed by atoms with E-state index in [4.69, 9.17) is 18.9 Å². The molecule has 0 aromatic heterocycles. The van der Waals surface area contributed by atoms with Crippen LogP contribution in [-0.2, 0) is 28.3 Å². The van der Waals surface area contributed by atoms with Crippen LogP contribution in [0.4, 0.5) is 0 Å². The predicted octanol–water partition coefficient (Wildman–Crippen LogP) is 7.08. The van der Waals surface area contributed by atoms with Crippen molar-refractivity contribution in [2.45, 2.75) is 71.2 Å². The number of fused-ring (bicyclic) bond motifs is 1. The van der Waals surface area contributed by atoms with Crippen molar-refractivity contribution in [1.29, 1.82) is 0 Å². The Hall–Kier alpha value is -3.84. The quantitative estimate of drug-likeness (QED) is 0.186. The van der Waals surface area contributed by atoms with Crippen molar-refractivity contribution < 1.29 is 33.6 Å². The second kappa shape index (κ2) is 12.8. The maximum Gasteiger partial charge on any atom is 0.345 e. The number of hydrogen-bond acceptors (Lipinski definition) is 7. The summed E-state index contributed by atoms with van der Waals surface area (Å²) in [5.74, 6) is -1.79. The van der Waals surface area contributed by atoms with Crippen molar-refractivity contribution in [3.05, 3.63) is 88.5 Å². The first-order chi connectivity index (χ1) is 18.9. The standard InChI is InChI=1S/C32H36O7/c1-4-6-9-15-24-25(30(33)37-21-22-13-10-8-11-14-22)16-12-17-27(24)38-28-20-23(36-3)19-26-29(28)31(34)39-32(26,35)18-7-5-2/h8,10-14,16-17,19-20,35H,4-7,9,15,18,21H2,1-3H3. The van der Waals surface area contributed by atoms with E-state index in [1.54, 1.807) is 30.3 Å². The molecular weight excluding hydrogens is 496 g/mol. The molecule has 0 spiro atoms. The molecule has 1 aliphatic rings. The van der Waals surface area contributed by atoms with Gasteiger partial charge in [-0.15, -0.1) is 0 Å². The van der Waals surface area contributed by atoms with Gasteiger partial charge < -0.3 is 24.1 Å². The molecule has 0 saturated carbocycles. The van der Waals surface area contributed by atoms with Crippen LogP contribution in [0.25, 0.3) is 0 Å². The largest absolute Gasteiger partial charge is 0.497 e. The Kier molecular flexibility index (Phi) is 9.25. The van der Waals surface area contributed by atoms with Gasteiger partial charge in [-0.25, -0.2) is 9.59 Å². The Balaban J connectivity index is 1.70. The molecule has 0 fully saturated rings. The van der Waals surface area contributed by atoms with Crippen LogP contribution in [0.3, 0.4) is 0 Å². The van der Waals surface area contributed by atoms with Crippen molar-refractivity contribution in [3.8, 4) is 17.2 Å². The number of aliphatic hydroxyl groups is 1.